The number of hydrogen-bond donors (Lipinski definition) is 0. The molecule has 0 radical (unpaired) electrons. The lowest BCUT2D eigenvalue weighted by Gasteiger charge is -2.17. The molecule has 0 saturated carbocycles. The molecule has 1 atom stereocenters. The lowest BCUT2D eigenvalue weighted by molar-refractivity contribution is 0.386. The number of alkyl halides is 1. The van der Waals surface area contributed by atoms with Gasteiger partial charge in [0.15, 0.2) is 0 Å². The topological polar surface area (TPSA) is 18.5 Å². The Kier molecular flexibility index (Phi) is 5.32. The monoisotopic (exact) mass is 354 g/mol. The number of ether oxygens (including phenoxy) is 2. The first-order chi connectivity index (χ1) is 9.67. The summed E-state index contributed by atoms with van der Waals surface area (Å²) in [5.41, 5.74) is 2.15. The van der Waals surface area contributed by atoms with Crippen LogP contribution in [0.1, 0.15) is 16.5 Å². The molecular formula is C16H16BrClO2. The molecule has 0 aliphatic heterocycles. The van der Waals surface area contributed by atoms with Crippen LogP contribution >= 0.6 is 27.5 Å². The Morgan fingerprint density at radius 1 is 1.05 bits per heavy atom. The van der Waals surface area contributed by atoms with Gasteiger partial charge in [-0.15, -0.1) is 11.6 Å². The molecule has 0 saturated heterocycles. The number of benzene rings is 2. The summed E-state index contributed by atoms with van der Waals surface area (Å²) in [7, 11) is 3.26. The fourth-order valence-corrected chi connectivity index (χ4v) is 3.13. The second kappa shape index (κ2) is 7.00. The van der Waals surface area contributed by atoms with Gasteiger partial charge in [0, 0.05) is 5.56 Å². The molecule has 0 N–H and O–H groups in total. The highest BCUT2D eigenvalue weighted by Crippen LogP contribution is 2.42. The maximum Gasteiger partial charge on any atom is 0.141 e. The predicted molar refractivity (Wildman–Crippen MR) is 86.0 cm³/mol. The molecule has 20 heavy (non-hydrogen) atoms. The summed E-state index contributed by atoms with van der Waals surface area (Å²) in [5, 5.41) is -0.158. The maximum atomic E-state index is 6.55. The normalized spacial score (nSPS) is 12.0. The highest BCUT2D eigenvalue weighted by atomic mass is 79.9. The first kappa shape index (κ1) is 15.2. The number of rotatable bonds is 5. The van der Waals surface area contributed by atoms with Gasteiger partial charge >= 0.3 is 0 Å². The highest BCUT2D eigenvalue weighted by molar-refractivity contribution is 9.10. The average molecular weight is 356 g/mol. The molecule has 0 aliphatic rings. The van der Waals surface area contributed by atoms with Crippen molar-refractivity contribution < 1.29 is 9.47 Å². The molecule has 4 heteroatoms. The van der Waals surface area contributed by atoms with Crippen molar-refractivity contribution in [3.63, 3.8) is 0 Å². The summed E-state index contributed by atoms with van der Waals surface area (Å²) >= 11 is 10.0. The SMILES string of the molecule is COc1ccc(C(Cl)Cc2ccccc2)c(OC)c1Br. The van der Waals surface area contributed by atoms with Gasteiger partial charge in [-0.3, -0.25) is 0 Å². The fourth-order valence-electron chi connectivity index (χ4n) is 2.10. The summed E-state index contributed by atoms with van der Waals surface area (Å²) in [5.74, 6) is 1.45. The molecule has 1 unspecified atom stereocenters. The van der Waals surface area contributed by atoms with Crippen LogP contribution in [-0.2, 0) is 6.42 Å². The zero-order chi connectivity index (χ0) is 14.5. The van der Waals surface area contributed by atoms with Crippen molar-refractivity contribution in [1.29, 1.82) is 0 Å². The molecular weight excluding hydrogens is 340 g/mol. The zero-order valence-electron chi connectivity index (χ0n) is 11.4. The number of methoxy groups -OCH3 is 2. The van der Waals surface area contributed by atoms with Crippen LogP contribution < -0.4 is 9.47 Å². The third kappa shape index (κ3) is 3.28. The zero-order valence-corrected chi connectivity index (χ0v) is 13.7. The summed E-state index contributed by atoms with van der Waals surface area (Å²) in [6.07, 6.45) is 0.748. The molecule has 0 aromatic heterocycles. The number of halogens is 2. The number of hydrogen-bond acceptors (Lipinski definition) is 2. The van der Waals surface area contributed by atoms with Crippen molar-refractivity contribution >= 4 is 27.5 Å². The van der Waals surface area contributed by atoms with Crippen LogP contribution in [0.5, 0.6) is 11.5 Å². The van der Waals surface area contributed by atoms with Crippen molar-refractivity contribution in [2.24, 2.45) is 0 Å². The molecule has 2 aromatic carbocycles. The minimum Gasteiger partial charge on any atom is -0.495 e. The van der Waals surface area contributed by atoms with E-state index >= 15 is 0 Å². The van der Waals surface area contributed by atoms with Crippen LogP contribution in [-0.4, -0.2) is 14.2 Å². The lowest BCUT2D eigenvalue weighted by atomic mass is 10.0. The quantitative estimate of drug-likeness (QED) is 0.704. The largest absolute Gasteiger partial charge is 0.495 e. The standard InChI is InChI=1S/C16H16BrClO2/c1-19-14-9-8-12(16(20-2)15(14)17)13(18)10-11-6-4-3-5-7-11/h3-9,13H,10H2,1-2H3. The molecule has 0 heterocycles. The van der Waals surface area contributed by atoms with Crippen LogP contribution in [0.3, 0.4) is 0 Å². The Morgan fingerprint density at radius 2 is 1.75 bits per heavy atom. The van der Waals surface area contributed by atoms with Crippen molar-refractivity contribution in [1.82, 2.24) is 0 Å². The van der Waals surface area contributed by atoms with Gasteiger partial charge in [0.2, 0.25) is 0 Å². The smallest absolute Gasteiger partial charge is 0.141 e. The van der Waals surface area contributed by atoms with Gasteiger partial charge in [0.1, 0.15) is 16.0 Å². The minimum absolute atomic E-state index is 0.158. The second-order valence-electron chi connectivity index (χ2n) is 4.36. The van der Waals surface area contributed by atoms with E-state index in [0.29, 0.717) is 0 Å². The highest BCUT2D eigenvalue weighted by Gasteiger charge is 2.19. The predicted octanol–water partition coefficient (Wildman–Crippen LogP) is 4.99. The first-order valence-corrected chi connectivity index (χ1v) is 7.48. The maximum absolute atomic E-state index is 6.55. The van der Waals surface area contributed by atoms with E-state index in [1.807, 2.05) is 30.3 Å². The van der Waals surface area contributed by atoms with E-state index in [1.165, 1.54) is 5.56 Å². The molecule has 0 bridgehead atoms. The van der Waals surface area contributed by atoms with Gasteiger partial charge < -0.3 is 9.47 Å². The van der Waals surface area contributed by atoms with Crippen LogP contribution in [0.15, 0.2) is 46.9 Å². The third-order valence-corrected chi connectivity index (χ3v) is 4.25. The van der Waals surface area contributed by atoms with Gasteiger partial charge in [-0.2, -0.15) is 0 Å². The Hall–Kier alpha value is -1.19. The van der Waals surface area contributed by atoms with Crippen LogP contribution in [0.2, 0.25) is 0 Å². The van der Waals surface area contributed by atoms with E-state index in [9.17, 15) is 0 Å². The third-order valence-electron chi connectivity index (χ3n) is 3.11. The van der Waals surface area contributed by atoms with E-state index in [0.717, 1.165) is 28.0 Å². The van der Waals surface area contributed by atoms with Gasteiger partial charge in [-0.25, -0.2) is 0 Å². The van der Waals surface area contributed by atoms with Crippen molar-refractivity contribution in [3.05, 3.63) is 58.1 Å². The lowest BCUT2D eigenvalue weighted by Crippen LogP contribution is -2.01. The van der Waals surface area contributed by atoms with Gasteiger partial charge in [-0.05, 0) is 34.0 Å². The Labute approximate surface area is 132 Å². The molecule has 2 rings (SSSR count). The molecule has 0 spiro atoms. The van der Waals surface area contributed by atoms with Gasteiger partial charge in [-0.1, -0.05) is 36.4 Å². The van der Waals surface area contributed by atoms with Crippen molar-refractivity contribution in [2.75, 3.05) is 14.2 Å². The van der Waals surface area contributed by atoms with Gasteiger partial charge in [0.25, 0.3) is 0 Å². The first-order valence-electron chi connectivity index (χ1n) is 6.25. The van der Waals surface area contributed by atoms with Crippen molar-refractivity contribution in [3.8, 4) is 11.5 Å². The van der Waals surface area contributed by atoms with E-state index < -0.39 is 0 Å². The Morgan fingerprint density at radius 3 is 2.35 bits per heavy atom. The summed E-state index contributed by atoms with van der Waals surface area (Å²) in [4.78, 5) is 0. The molecule has 0 amide bonds. The fraction of sp³-hybridized carbons (Fsp3) is 0.250. The molecule has 106 valence electrons. The molecule has 0 aliphatic carbocycles. The van der Waals surface area contributed by atoms with Crippen LogP contribution in [0.4, 0.5) is 0 Å². The Balaban J connectivity index is 2.30. The van der Waals surface area contributed by atoms with Gasteiger partial charge in [0.05, 0.1) is 19.6 Å². The average Bonchev–Trinajstić information content (AvgIpc) is 2.47. The van der Waals surface area contributed by atoms with E-state index in [-0.39, 0.29) is 5.38 Å². The van der Waals surface area contributed by atoms with Crippen molar-refractivity contribution in [2.45, 2.75) is 11.8 Å². The molecule has 0 fully saturated rings. The Bertz CT molecular complexity index is 572. The van der Waals surface area contributed by atoms with Crippen LogP contribution in [0, 0.1) is 0 Å². The van der Waals surface area contributed by atoms with E-state index in [4.69, 9.17) is 21.1 Å². The van der Waals surface area contributed by atoms with E-state index in [2.05, 4.69) is 28.1 Å². The summed E-state index contributed by atoms with van der Waals surface area (Å²) < 4.78 is 11.5. The second-order valence-corrected chi connectivity index (χ2v) is 5.68. The minimum atomic E-state index is -0.158. The summed E-state index contributed by atoms with van der Waals surface area (Å²) in [6, 6.07) is 14.0. The molecule has 2 aromatic rings. The summed E-state index contributed by atoms with van der Waals surface area (Å²) in [6.45, 7) is 0. The van der Waals surface area contributed by atoms with E-state index in [1.54, 1.807) is 14.2 Å². The van der Waals surface area contributed by atoms with Crippen LogP contribution in [0.25, 0.3) is 0 Å². The molecule has 2 nitrogen and oxygen atoms in total.